The Labute approximate surface area is 256 Å². The number of nitrogens with one attached hydrogen (secondary N) is 1. The Morgan fingerprint density at radius 3 is 1.93 bits per heavy atom. The van der Waals surface area contributed by atoms with Gasteiger partial charge < -0.3 is 77.7 Å². The lowest BCUT2D eigenvalue weighted by atomic mass is 9.83. The average molecular weight is 632 g/mol. The highest BCUT2D eigenvalue weighted by molar-refractivity contribution is 5.76. The van der Waals surface area contributed by atoms with E-state index >= 15 is 0 Å². The molecule has 0 radical (unpaired) electrons. The molecule has 1 saturated carbocycles. The molecule has 3 heterocycles. The molecule has 17 nitrogen and oxygen atoms in total. The highest BCUT2D eigenvalue weighted by atomic mass is 16.8. The Morgan fingerprint density at radius 2 is 1.39 bits per heavy atom. The number of rotatable bonds is 12. The van der Waals surface area contributed by atoms with Crippen LogP contribution < -0.4 is 34.0 Å². The van der Waals surface area contributed by atoms with Gasteiger partial charge in [0.2, 0.25) is 5.91 Å². The molecule has 252 valence electrons. The Bertz CT molecular complexity index is 964. The summed E-state index contributed by atoms with van der Waals surface area (Å²) in [5.41, 5.74) is 30.6. The molecule has 4 fully saturated rings. The van der Waals surface area contributed by atoms with Gasteiger partial charge >= 0.3 is 0 Å². The first-order valence-electron chi connectivity index (χ1n) is 15.3. The zero-order valence-electron chi connectivity index (χ0n) is 24.8. The van der Waals surface area contributed by atoms with Crippen LogP contribution in [0.5, 0.6) is 0 Å². The van der Waals surface area contributed by atoms with E-state index in [1.54, 1.807) is 0 Å². The van der Waals surface area contributed by atoms with E-state index in [1.165, 1.54) is 0 Å². The van der Waals surface area contributed by atoms with Crippen molar-refractivity contribution in [1.29, 1.82) is 5.26 Å². The molecule has 0 aromatic heterocycles. The summed E-state index contributed by atoms with van der Waals surface area (Å²) in [6.07, 6.45) is -8.54. The van der Waals surface area contributed by atoms with Crippen LogP contribution >= 0.6 is 0 Å². The third kappa shape index (κ3) is 8.40. The minimum atomic E-state index is -1.45. The van der Waals surface area contributed by atoms with E-state index in [1.807, 2.05) is 6.07 Å². The van der Waals surface area contributed by atoms with Crippen molar-refractivity contribution in [3.8, 4) is 6.07 Å². The number of nitrogens with zero attached hydrogens (tertiary/aromatic N) is 1. The highest BCUT2D eigenvalue weighted by Gasteiger charge is 2.53. The molecule has 0 spiro atoms. The van der Waals surface area contributed by atoms with Crippen molar-refractivity contribution in [2.24, 2.45) is 28.7 Å². The number of hydrogen-bond donors (Lipinski definition) is 9. The van der Waals surface area contributed by atoms with E-state index in [-0.39, 0.29) is 44.6 Å². The first kappa shape index (κ1) is 35.3. The third-order valence-corrected chi connectivity index (χ3v) is 8.70. The van der Waals surface area contributed by atoms with Gasteiger partial charge in [0.25, 0.3) is 0 Å². The standard InChI is InChI=1S/C27H49N7O10/c28-7-1-2-19(36)34-17-8-16(33)22(42-25-14(31)5-3-12(9-29)39-25)24(20(17)37)44-27-21(38)23(18(11-35)41-27)43-26-15(32)6-4-13(10-30)40-26/h12-18,20-27,35,37-38H,1-6,8-11,29-33H2,(H,34,36)/t12-,13+,14+,15+,16-,17+,18+,20-,21+,22+,23+,24+,25+,26+,27-/m0/s1. The third-order valence-electron chi connectivity index (χ3n) is 8.70. The Kier molecular flexibility index (Phi) is 13.1. The molecule has 3 saturated heterocycles. The molecule has 0 aromatic carbocycles. The van der Waals surface area contributed by atoms with Crippen LogP contribution in [-0.2, 0) is 33.2 Å². The predicted octanol–water partition coefficient (Wildman–Crippen LogP) is -4.32. The highest BCUT2D eigenvalue weighted by Crippen LogP contribution is 2.34. The lowest BCUT2D eigenvalue weighted by Gasteiger charge is -2.46. The number of ether oxygens (including phenoxy) is 6. The quantitative estimate of drug-likeness (QED) is 0.0983. The van der Waals surface area contributed by atoms with Gasteiger partial charge in [-0.25, -0.2) is 0 Å². The van der Waals surface area contributed by atoms with Crippen LogP contribution in [0.3, 0.4) is 0 Å². The molecule has 0 unspecified atom stereocenters. The Morgan fingerprint density at radius 1 is 0.818 bits per heavy atom. The fraction of sp³-hybridized carbons (Fsp3) is 0.926. The van der Waals surface area contributed by atoms with E-state index in [2.05, 4.69) is 5.32 Å². The molecule has 4 rings (SSSR count). The maximum Gasteiger partial charge on any atom is 0.221 e. The molecule has 0 aromatic rings. The minimum Gasteiger partial charge on any atom is -0.394 e. The van der Waals surface area contributed by atoms with Gasteiger partial charge in [-0.2, -0.15) is 5.26 Å². The lowest BCUT2D eigenvalue weighted by molar-refractivity contribution is -0.288. The summed E-state index contributed by atoms with van der Waals surface area (Å²) < 4.78 is 36.0. The molecule has 1 amide bonds. The first-order valence-corrected chi connectivity index (χ1v) is 15.3. The molecule has 1 aliphatic carbocycles. The van der Waals surface area contributed by atoms with E-state index in [0.29, 0.717) is 25.7 Å². The summed E-state index contributed by atoms with van der Waals surface area (Å²) in [5, 5.41) is 44.4. The number of aliphatic hydroxyl groups is 3. The lowest BCUT2D eigenvalue weighted by Crippen LogP contribution is -2.66. The maximum atomic E-state index is 12.4. The summed E-state index contributed by atoms with van der Waals surface area (Å²) in [6, 6.07) is -0.764. The Hall–Kier alpha value is -1.60. The van der Waals surface area contributed by atoms with Crippen molar-refractivity contribution >= 4 is 5.91 Å². The number of hydrogen-bond acceptors (Lipinski definition) is 16. The van der Waals surface area contributed by atoms with Gasteiger partial charge in [0, 0.05) is 32.0 Å². The smallest absolute Gasteiger partial charge is 0.221 e. The average Bonchev–Trinajstić information content (AvgIpc) is 3.31. The van der Waals surface area contributed by atoms with Crippen LogP contribution in [0.15, 0.2) is 0 Å². The zero-order chi connectivity index (χ0) is 32.0. The number of carbonyl (C=O) groups is 1. The van der Waals surface area contributed by atoms with Gasteiger partial charge in [-0.1, -0.05) is 0 Å². The number of carbonyl (C=O) groups excluding carboxylic acids is 1. The summed E-state index contributed by atoms with van der Waals surface area (Å²) in [4.78, 5) is 12.4. The molecule has 0 bridgehead atoms. The number of nitriles is 1. The summed E-state index contributed by atoms with van der Waals surface area (Å²) >= 11 is 0. The van der Waals surface area contributed by atoms with Crippen molar-refractivity contribution in [2.45, 2.75) is 137 Å². The van der Waals surface area contributed by atoms with Crippen LogP contribution in [0.25, 0.3) is 0 Å². The maximum absolute atomic E-state index is 12.4. The second-order valence-electron chi connectivity index (χ2n) is 11.9. The van der Waals surface area contributed by atoms with Gasteiger partial charge in [0.1, 0.15) is 36.6 Å². The number of nitrogens with two attached hydrogens (primary N) is 5. The van der Waals surface area contributed by atoms with E-state index in [0.717, 1.165) is 0 Å². The molecule has 14 N–H and O–H groups in total. The topological polar surface area (TPSA) is 299 Å². The summed E-state index contributed by atoms with van der Waals surface area (Å²) in [7, 11) is 0. The minimum absolute atomic E-state index is 0.00197. The van der Waals surface area contributed by atoms with Crippen LogP contribution in [0.2, 0.25) is 0 Å². The zero-order valence-corrected chi connectivity index (χ0v) is 24.8. The van der Waals surface area contributed by atoms with Crippen molar-refractivity contribution < 1.29 is 48.5 Å². The fourth-order valence-corrected chi connectivity index (χ4v) is 6.12. The van der Waals surface area contributed by atoms with Crippen LogP contribution in [0.4, 0.5) is 0 Å². The molecule has 15 atom stereocenters. The monoisotopic (exact) mass is 631 g/mol. The molecule has 4 aliphatic rings. The molecule has 3 aliphatic heterocycles. The van der Waals surface area contributed by atoms with Crippen molar-refractivity contribution in [3.63, 3.8) is 0 Å². The predicted molar refractivity (Wildman–Crippen MR) is 152 cm³/mol. The molecule has 44 heavy (non-hydrogen) atoms. The van der Waals surface area contributed by atoms with Gasteiger partial charge in [0.15, 0.2) is 18.9 Å². The second kappa shape index (κ2) is 16.3. The first-order chi connectivity index (χ1) is 21.1. The van der Waals surface area contributed by atoms with Crippen LogP contribution in [0.1, 0.15) is 44.9 Å². The SMILES string of the molecule is N#CCCC(=O)N[C@@H]1C[C@H](N)[C@@H](O[C@H]2O[C@H](CN)CC[C@H]2N)[C@H](O[C@@H]2O[C@H](CO)[C@@H](O[C@H]3O[C@@H](CN)CC[C@H]3N)[C@H]2O)[C@H]1O. The second-order valence-corrected chi connectivity index (χ2v) is 11.9. The normalized spacial score (nSPS) is 44.7. The number of aliphatic hydroxyl groups excluding tert-OH is 3. The van der Waals surface area contributed by atoms with Crippen LogP contribution in [-0.4, -0.2) is 133 Å². The number of amides is 1. The molecular weight excluding hydrogens is 582 g/mol. The van der Waals surface area contributed by atoms with Gasteiger partial charge in [-0.3, -0.25) is 4.79 Å². The van der Waals surface area contributed by atoms with Gasteiger partial charge in [0.05, 0.1) is 43.0 Å². The fourth-order valence-electron chi connectivity index (χ4n) is 6.12. The van der Waals surface area contributed by atoms with Gasteiger partial charge in [-0.05, 0) is 32.1 Å². The Balaban J connectivity index is 1.52. The largest absolute Gasteiger partial charge is 0.394 e. The van der Waals surface area contributed by atoms with Gasteiger partial charge in [-0.15, -0.1) is 0 Å². The van der Waals surface area contributed by atoms with E-state index < -0.39 is 92.2 Å². The summed E-state index contributed by atoms with van der Waals surface area (Å²) in [5.74, 6) is -0.449. The van der Waals surface area contributed by atoms with Crippen molar-refractivity contribution in [3.05, 3.63) is 0 Å². The van der Waals surface area contributed by atoms with Crippen molar-refractivity contribution in [2.75, 3.05) is 19.7 Å². The molecule has 17 heteroatoms. The van der Waals surface area contributed by atoms with E-state index in [4.69, 9.17) is 62.4 Å². The van der Waals surface area contributed by atoms with Crippen molar-refractivity contribution in [1.82, 2.24) is 5.32 Å². The molecular formula is C27H49N7O10. The van der Waals surface area contributed by atoms with Crippen LogP contribution in [0, 0.1) is 11.3 Å². The summed E-state index contributed by atoms with van der Waals surface area (Å²) in [6.45, 7) is -0.00424. The van der Waals surface area contributed by atoms with E-state index in [9.17, 15) is 20.1 Å².